The molecule has 1 aromatic carbocycles. The molecule has 0 saturated carbocycles. The van der Waals surface area contributed by atoms with Crippen molar-refractivity contribution < 1.29 is 23.9 Å². The smallest absolute Gasteiger partial charge is 0.349 e. The zero-order chi connectivity index (χ0) is 19.9. The molecule has 0 atom stereocenters. The van der Waals surface area contributed by atoms with Gasteiger partial charge in [-0.2, -0.15) is 0 Å². The van der Waals surface area contributed by atoms with Gasteiger partial charge in [-0.15, -0.1) is 11.3 Å². The van der Waals surface area contributed by atoms with Gasteiger partial charge in [-0.1, -0.05) is 30.3 Å². The Morgan fingerprint density at radius 2 is 1.79 bits per heavy atom. The van der Waals surface area contributed by atoms with E-state index in [0.717, 1.165) is 11.1 Å². The van der Waals surface area contributed by atoms with Gasteiger partial charge >= 0.3 is 11.9 Å². The van der Waals surface area contributed by atoms with Crippen LogP contribution in [0.1, 0.15) is 29.4 Å². The third kappa shape index (κ3) is 4.78. The molecule has 0 N–H and O–H groups in total. The molecule has 28 heavy (non-hydrogen) atoms. The lowest BCUT2D eigenvalue weighted by molar-refractivity contribution is -0.151. The Kier molecular flexibility index (Phi) is 6.81. The fourth-order valence-electron chi connectivity index (χ4n) is 3.22. The predicted molar refractivity (Wildman–Crippen MR) is 106 cm³/mol. The maximum Gasteiger partial charge on any atom is 0.349 e. The van der Waals surface area contributed by atoms with Crippen molar-refractivity contribution in [2.75, 3.05) is 26.3 Å². The van der Waals surface area contributed by atoms with E-state index < -0.39 is 5.97 Å². The van der Waals surface area contributed by atoms with E-state index in [-0.39, 0.29) is 24.4 Å². The van der Waals surface area contributed by atoms with Crippen LogP contribution in [0.4, 0.5) is 0 Å². The molecule has 3 rings (SSSR count). The van der Waals surface area contributed by atoms with Crippen LogP contribution in [-0.2, 0) is 19.1 Å². The third-order valence-corrected chi connectivity index (χ3v) is 5.62. The number of carbonyl (C=O) groups excluding carboxylic acids is 3. The molecule has 1 fully saturated rings. The first kappa shape index (κ1) is 20.1. The predicted octanol–water partition coefficient (Wildman–Crippen LogP) is 3.37. The number of esters is 2. The maximum atomic E-state index is 12.5. The van der Waals surface area contributed by atoms with Crippen molar-refractivity contribution in [3.8, 4) is 11.1 Å². The van der Waals surface area contributed by atoms with Crippen molar-refractivity contribution in [3.05, 3.63) is 46.7 Å². The zero-order valence-corrected chi connectivity index (χ0v) is 16.6. The molecule has 1 aliphatic rings. The minimum Gasteiger partial charge on any atom is -0.466 e. The number of nitrogens with zero attached hydrogens (tertiary/aromatic N) is 1. The van der Waals surface area contributed by atoms with Crippen LogP contribution < -0.4 is 0 Å². The number of amides is 1. The second-order valence-electron chi connectivity index (χ2n) is 6.51. The van der Waals surface area contributed by atoms with Crippen LogP contribution in [0.15, 0.2) is 41.8 Å². The van der Waals surface area contributed by atoms with E-state index in [1.54, 1.807) is 11.8 Å². The van der Waals surface area contributed by atoms with Gasteiger partial charge in [0.2, 0.25) is 0 Å². The van der Waals surface area contributed by atoms with Crippen molar-refractivity contribution in [2.24, 2.45) is 5.92 Å². The summed E-state index contributed by atoms with van der Waals surface area (Å²) in [5, 5.41) is 1.83. The average Bonchev–Trinajstić information content (AvgIpc) is 3.23. The van der Waals surface area contributed by atoms with Crippen LogP contribution in [0.5, 0.6) is 0 Å². The van der Waals surface area contributed by atoms with E-state index in [1.165, 1.54) is 11.3 Å². The van der Waals surface area contributed by atoms with Gasteiger partial charge in [0.25, 0.3) is 5.91 Å². The molecule has 0 spiro atoms. The molecule has 1 saturated heterocycles. The van der Waals surface area contributed by atoms with Gasteiger partial charge in [0, 0.05) is 18.7 Å². The molecule has 0 aliphatic carbocycles. The van der Waals surface area contributed by atoms with Crippen molar-refractivity contribution in [1.82, 2.24) is 4.90 Å². The van der Waals surface area contributed by atoms with Crippen molar-refractivity contribution in [1.29, 1.82) is 0 Å². The maximum absolute atomic E-state index is 12.5. The summed E-state index contributed by atoms with van der Waals surface area (Å²) in [6.45, 7) is 2.78. The van der Waals surface area contributed by atoms with E-state index in [4.69, 9.17) is 9.47 Å². The number of thiophene rings is 1. The fourth-order valence-corrected chi connectivity index (χ4v) is 4.03. The van der Waals surface area contributed by atoms with E-state index in [2.05, 4.69) is 0 Å². The molecule has 0 radical (unpaired) electrons. The molecular weight excluding hydrogens is 378 g/mol. The summed E-state index contributed by atoms with van der Waals surface area (Å²) in [5.41, 5.74) is 1.74. The number of hydrogen-bond donors (Lipinski definition) is 0. The Bertz CT molecular complexity index is 824. The highest BCUT2D eigenvalue weighted by Gasteiger charge is 2.28. The molecule has 2 aromatic rings. The standard InChI is InChI=1S/C21H23NO5S/c1-2-26-20(24)16-8-11-22(12-9-16)18(23)14-27-21(25)19-17(10-13-28-19)15-6-4-3-5-7-15/h3-7,10,13,16H,2,8-9,11-12,14H2,1H3. The van der Waals surface area contributed by atoms with Crippen LogP contribution in [0.25, 0.3) is 11.1 Å². The number of likely N-dealkylation sites (tertiary alicyclic amines) is 1. The molecule has 1 amide bonds. The van der Waals surface area contributed by atoms with Gasteiger partial charge in [-0.3, -0.25) is 9.59 Å². The lowest BCUT2D eigenvalue weighted by Crippen LogP contribution is -2.42. The largest absolute Gasteiger partial charge is 0.466 e. The summed E-state index contributed by atoms with van der Waals surface area (Å²) in [6, 6.07) is 11.5. The van der Waals surface area contributed by atoms with Gasteiger partial charge in [0.1, 0.15) is 4.88 Å². The number of hydrogen-bond acceptors (Lipinski definition) is 6. The first-order valence-corrected chi connectivity index (χ1v) is 10.2. The van der Waals surface area contributed by atoms with Crippen molar-refractivity contribution in [2.45, 2.75) is 19.8 Å². The molecule has 148 valence electrons. The quantitative estimate of drug-likeness (QED) is 0.694. The summed E-state index contributed by atoms with van der Waals surface area (Å²) >= 11 is 1.30. The first-order valence-electron chi connectivity index (χ1n) is 9.34. The number of benzene rings is 1. The monoisotopic (exact) mass is 401 g/mol. The number of piperidine rings is 1. The molecule has 6 nitrogen and oxygen atoms in total. The zero-order valence-electron chi connectivity index (χ0n) is 15.8. The minimum atomic E-state index is -0.497. The van der Waals surface area contributed by atoms with Gasteiger partial charge in [0.15, 0.2) is 6.61 Å². The van der Waals surface area contributed by atoms with Gasteiger partial charge in [-0.25, -0.2) is 4.79 Å². The Labute approximate surface area is 168 Å². The lowest BCUT2D eigenvalue weighted by atomic mass is 9.97. The second kappa shape index (κ2) is 9.50. The van der Waals surface area contributed by atoms with Gasteiger partial charge < -0.3 is 14.4 Å². The first-order chi connectivity index (χ1) is 13.6. The van der Waals surface area contributed by atoms with Crippen molar-refractivity contribution >= 4 is 29.2 Å². The van der Waals surface area contributed by atoms with E-state index in [1.807, 2.05) is 41.8 Å². The number of rotatable bonds is 6. The van der Waals surface area contributed by atoms with E-state index in [0.29, 0.717) is 37.4 Å². The molecule has 2 heterocycles. The Morgan fingerprint density at radius 3 is 2.46 bits per heavy atom. The van der Waals surface area contributed by atoms with Gasteiger partial charge in [0.05, 0.1) is 12.5 Å². The third-order valence-electron chi connectivity index (χ3n) is 4.73. The molecule has 1 aliphatic heterocycles. The summed E-state index contributed by atoms with van der Waals surface area (Å²) in [7, 11) is 0. The Morgan fingerprint density at radius 1 is 1.07 bits per heavy atom. The lowest BCUT2D eigenvalue weighted by Gasteiger charge is -2.30. The molecule has 0 unspecified atom stereocenters. The van der Waals surface area contributed by atoms with Crippen LogP contribution >= 0.6 is 11.3 Å². The van der Waals surface area contributed by atoms with Crippen molar-refractivity contribution in [3.63, 3.8) is 0 Å². The normalized spacial score (nSPS) is 14.5. The van der Waals surface area contributed by atoms with Crippen LogP contribution in [-0.4, -0.2) is 49.0 Å². The van der Waals surface area contributed by atoms with Crippen LogP contribution in [0.3, 0.4) is 0 Å². The molecular formula is C21H23NO5S. The van der Waals surface area contributed by atoms with E-state index >= 15 is 0 Å². The second-order valence-corrected chi connectivity index (χ2v) is 7.43. The minimum absolute atomic E-state index is 0.161. The fraction of sp³-hybridized carbons (Fsp3) is 0.381. The SMILES string of the molecule is CCOC(=O)C1CCN(C(=O)COC(=O)c2sccc2-c2ccccc2)CC1. The molecule has 1 aromatic heterocycles. The Balaban J connectivity index is 1.51. The topological polar surface area (TPSA) is 72.9 Å². The van der Waals surface area contributed by atoms with Gasteiger partial charge in [-0.05, 0) is 36.8 Å². The molecule has 7 heteroatoms. The van der Waals surface area contributed by atoms with Crippen LogP contribution in [0.2, 0.25) is 0 Å². The summed E-state index contributed by atoms with van der Waals surface area (Å²) in [6.07, 6.45) is 1.14. The van der Waals surface area contributed by atoms with E-state index in [9.17, 15) is 14.4 Å². The highest BCUT2D eigenvalue weighted by atomic mass is 32.1. The number of ether oxygens (including phenoxy) is 2. The highest BCUT2D eigenvalue weighted by molar-refractivity contribution is 7.12. The average molecular weight is 401 g/mol. The Hall–Kier alpha value is -2.67. The summed E-state index contributed by atoms with van der Waals surface area (Å²) < 4.78 is 10.3. The summed E-state index contributed by atoms with van der Waals surface area (Å²) in [5.74, 6) is -1.10. The van der Waals surface area contributed by atoms with Crippen LogP contribution in [0, 0.1) is 5.92 Å². The summed E-state index contributed by atoms with van der Waals surface area (Å²) in [4.78, 5) is 38.7. The number of carbonyl (C=O) groups is 3. The molecule has 0 bridgehead atoms. The highest BCUT2D eigenvalue weighted by Crippen LogP contribution is 2.28.